The largest absolute Gasteiger partial charge is 0.309 e. The van der Waals surface area contributed by atoms with Crippen LogP contribution in [0.1, 0.15) is 6.85 Å². The first kappa shape index (κ1) is 22.2. The van der Waals surface area contributed by atoms with Crippen LogP contribution in [0.25, 0.3) is 88.0 Å². The molecule has 10 aromatic rings. The zero-order valence-corrected chi connectivity index (χ0v) is 25.8. The van der Waals surface area contributed by atoms with E-state index in [1.165, 1.54) is 27.1 Å². The van der Waals surface area contributed by atoms with Crippen LogP contribution in [-0.4, -0.2) is 9.13 Å². The highest BCUT2D eigenvalue weighted by atomic mass is 15.0. The molecule has 0 radical (unpaired) electrons. The van der Waals surface area contributed by atoms with E-state index in [0.717, 1.165) is 55.3 Å². The molecule has 8 aromatic carbocycles. The lowest BCUT2D eigenvalue weighted by atomic mass is 9.98. The van der Waals surface area contributed by atoms with Gasteiger partial charge in [-0.15, -0.1) is 0 Å². The third-order valence-electron chi connectivity index (χ3n) is 9.60. The number of hydrogen-bond donors (Lipinski definition) is 0. The maximum absolute atomic E-state index is 8.76. The van der Waals surface area contributed by atoms with E-state index in [1.54, 1.807) is 0 Å². The molecule has 2 heteroatoms. The van der Waals surface area contributed by atoms with Gasteiger partial charge < -0.3 is 9.13 Å². The van der Waals surface area contributed by atoms with Gasteiger partial charge in [-0.2, -0.15) is 0 Å². The molecule has 0 aliphatic rings. The lowest BCUT2D eigenvalue weighted by molar-refractivity contribution is 1.18. The van der Waals surface area contributed by atoms with Crippen LogP contribution in [-0.2, 0) is 0 Å². The van der Waals surface area contributed by atoms with Crippen LogP contribution in [0.4, 0.5) is 0 Å². The summed E-state index contributed by atoms with van der Waals surface area (Å²) < 4.78 is 46.5. The van der Waals surface area contributed by atoms with Crippen molar-refractivity contribution in [1.82, 2.24) is 9.13 Å². The molecule has 0 aliphatic heterocycles. The number of fused-ring (bicyclic) bond motifs is 7. The van der Waals surface area contributed by atoms with Gasteiger partial charge in [-0.25, -0.2) is 0 Å². The predicted octanol–water partition coefficient (Wildman–Crippen LogP) is 12.4. The van der Waals surface area contributed by atoms with Crippen molar-refractivity contribution >= 4 is 54.4 Å². The third-order valence-corrected chi connectivity index (χ3v) is 9.60. The normalized spacial score (nSPS) is 13.2. The molecule has 0 saturated carbocycles. The minimum atomic E-state index is -0.403. The second-order valence-electron chi connectivity index (χ2n) is 12.3. The monoisotopic (exact) mass is 615 g/mol. The summed E-state index contributed by atoms with van der Waals surface area (Å²) in [6.45, 7) is 0. The van der Waals surface area contributed by atoms with Gasteiger partial charge in [-0.05, 0) is 87.6 Å². The predicted molar refractivity (Wildman–Crippen MR) is 203 cm³/mol. The van der Waals surface area contributed by atoms with Crippen LogP contribution < -0.4 is 0 Å². The molecule has 0 amide bonds. The van der Waals surface area contributed by atoms with Gasteiger partial charge in [-0.1, -0.05) is 127 Å². The summed E-state index contributed by atoms with van der Waals surface area (Å²) in [5, 5.41) is 6.73. The maximum Gasteiger partial charge on any atom is 0.0645 e. The Morgan fingerprint density at radius 2 is 0.875 bits per heavy atom. The molecular weight excluding hydrogens is 581 g/mol. The topological polar surface area (TPSA) is 9.86 Å². The number of benzene rings is 8. The van der Waals surface area contributed by atoms with E-state index in [2.05, 4.69) is 132 Å². The second kappa shape index (κ2) is 10.6. The highest BCUT2D eigenvalue weighted by Gasteiger charge is 2.15. The quantitative estimate of drug-likeness (QED) is 0.186. The molecule has 0 N–H and O–H groups in total. The van der Waals surface area contributed by atoms with Gasteiger partial charge in [0.05, 0.1) is 28.9 Å². The first-order chi connectivity index (χ1) is 25.9. The molecule has 48 heavy (non-hydrogen) atoms. The summed E-state index contributed by atoms with van der Waals surface area (Å²) >= 11 is 0. The highest BCUT2D eigenvalue weighted by molar-refractivity contribution is 6.11. The van der Waals surface area contributed by atoms with Crippen LogP contribution in [0, 0.1) is 0 Å². The van der Waals surface area contributed by atoms with Crippen molar-refractivity contribution in [2.24, 2.45) is 0 Å². The number of rotatable bonds is 4. The van der Waals surface area contributed by atoms with E-state index in [9.17, 15) is 0 Å². The van der Waals surface area contributed by atoms with Crippen LogP contribution in [0.2, 0.25) is 0 Å². The van der Waals surface area contributed by atoms with Crippen molar-refractivity contribution in [3.63, 3.8) is 0 Å². The zero-order chi connectivity index (χ0) is 36.0. The molecule has 224 valence electrons. The molecule has 10 rings (SSSR count). The Bertz CT molecular complexity index is 3090. The number of aromatic nitrogens is 2. The molecule has 2 heterocycles. The number of nitrogens with zero attached hydrogens (tertiary/aromatic N) is 2. The van der Waals surface area contributed by atoms with Crippen molar-refractivity contribution in [3.8, 4) is 33.6 Å². The van der Waals surface area contributed by atoms with E-state index in [-0.39, 0.29) is 29.9 Å². The number of hydrogen-bond acceptors (Lipinski definition) is 0. The molecule has 0 fully saturated rings. The van der Waals surface area contributed by atoms with Gasteiger partial charge in [0.2, 0.25) is 0 Å². The van der Waals surface area contributed by atoms with Crippen LogP contribution in [0.5, 0.6) is 0 Å². The first-order valence-corrected chi connectivity index (χ1v) is 16.1. The Morgan fingerprint density at radius 3 is 1.62 bits per heavy atom. The molecule has 0 atom stereocenters. The van der Waals surface area contributed by atoms with Crippen molar-refractivity contribution < 1.29 is 6.85 Å². The molecule has 0 bridgehead atoms. The Morgan fingerprint density at radius 1 is 0.333 bits per heavy atom. The SMILES string of the molecule is [2H]c1c([2H])c([2H])c(-n2c3ccccc3c3ccc(-c4ccc(-c5ccc6c(c5)c5ccccc5n6-c5ccc6ccccc6c5)cc4)cc32)c([2H])c1[2H]. The van der Waals surface area contributed by atoms with E-state index in [4.69, 9.17) is 6.85 Å². The van der Waals surface area contributed by atoms with Gasteiger partial charge in [0.15, 0.2) is 0 Å². The second-order valence-corrected chi connectivity index (χ2v) is 12.3. The summed E-state index contributed by atoms with van der Waals surface area (Å²) in [5.74, 6) is 0. The average Bonchev–Trinajstić information content (AvgIpc) is 3.71. The summed E-state index contributed by atoms with van der Waals surface area (Å²) in [6.07, 6.45) is 0. The standard InChI is InChI=1S/C46H30N2/c1-2-12-37(13-3-1)47-43-16-8-6-14-39(43)41-26-23-36(30-46(41)47)33-20-18-32(19-21-33)35-24-27-45-42(29-35)40-15-7-9-17-44(40)48(45)38-25-22-31-10-4-5-11-34(31)28-38/h1-30H/i1D,2D,3D,12D,13D. The van der Waals surface area contributed by atoms with Crippen molar-refractivity contribution in [1.29, 1.82) is 0 Å². The molecule has 2 nitrogen and oxygen atoms in total. The number of para-hydroxylation sites is 3. The minimum absolute atomic E-state index is 0.145. The van der Waals surface area contributed by atoms with Crippen LogP contribution >= 0.6 is 0 Å². The fourth-order valence-electron chi connectivity index (χ4n) is 7.35. The van der Waals surface area contributed by atoms with Gasteiger partial charge in [-0.3, -0.25) is 0 Å². The van der Waals surface area contributed by atoms with Gasteiger partial charge in [0.1, 0.15) is 0 Å². The maximum atomic E-state index is 8.76. The summed E-state index contributed by atoms with van der Waals surface area (Å²) in [6, 6.07) is 51.4. The zero-order valence-electron chi connectivity index (χ0n) is 30.8. The molecule has 0 aliphatic carbocycles. The van der Waals surface area contributed by atoms with Crippen molar-refractivity contribution in [2.75, 3.05) is 0 Å². The van der Waals surface area contributed by atoms with Crippen molar-refractivity contribution in [3.05, 3.63) is 182 Å². The minimum Gasteiger partial charge on any atom is -0.309 e. The smallest absolute Gasteiger partial charge is 0.0645 e. The molecule has 0 saturated heterocycles. The van der Waals surface area contributed by atoms with Gasteiger partial charge >= 0.3 is 0 Å². The third kappa shape index (κ3) is 4.13. The fourth-order valence-corrected chi connectivity index (χ4v) is 7.35. The van der Waals surface area contributed by atoms with Crippen LogP contribution in [0.3, 0.4) is 0 Å². The van der Waals surface area contributed by atoms with E-state index >= 15 is 0 Å². The molecule has 0 spiro atoms. The van der Waals surface area contributed by atoms with E-state index < -0.39 is 6.04 Å². The van der Waals surface area contributed by atoms with E-state index in [0.29, 0.717) is 0 Å². The molecule has 2 aromatic heterocycles. The van der Waals surface area contributed by atoms with E-state index in [1.807, 2.05) is 28.8 Å². The fraction of sp³-hybridized carbons (Fsp3) is 0. The average molecular weight is 616 g/mol. The van der Waals surface area contributed by atoms with Crippen molar-refractivity contribution in [2.45, 2.75) is 0 Å². The Balaban J connectivity index is 1.08. The Labute approximate surface area is 285 Å². The summed E-state index contributed by atoms with van der Waals surface area (Å²) in [5.41, 5.74) is 9.38. The van der Waals surface area contributed by atoms with Crippen LogP contribution in [0.15, 0.2) is 182 Å². The lowest BCUT2D eigenvalue weighted by Crippen LogP contribution is -1.93. The Kier molecular flexibility index (Phi) is 4.89. The summed E-state index contributed by atoms with van der Waals surface area (Å²) in [7, 11) is 0. The summed E-state index contributed by atoms with van der Waals surface area (Å²) in [4.78, 5) is 0. The lowest BCUT2D eigenvalue weighted by Gasteiger charge is -2.10. The molecular formula is C46H30N2. The van der Waals surface area contributed by atoms with Gasteiger partial charge in [0, 0.05) is 32.9 Å². The van der Waals surface area contributed by atoms with Gasteiger partial charge in [0.25, 0.3) is 0 Å². The highest BCUT2D eigenvalue weighted by Crippen LogP contribution is 2.38. The Hall–Kier alpha value is -6.38. The molecule has 0 unspecified atom stereocenters. The first-order valence-electron chi connectivity index (χ1n) is 18.6.